The van der Waals surface area contributed by atoms with Crippen LogP contribution in [-0.2, 0) is 23.7 Å². The Labute approximate surface area is 221 Å². The zero-order valence-corrected chi connectivity index (χ0v) is 22.7. The number of ether oxygens (including phenoxy) is 4. The number of carboxylic acid groups (broad SMARTS) is 1. The molecule has 7 heteroatoms. The Morgan fingerprint density at radius 3 is 2.68 bits per heavy atom. The Morgan fingerprint density at radius 2 is 2.00 bits per heavy atom. The predicted molar refractivity (Wildman–Crippen MR) is 140 cm³/mol. The van der Waals surface area contributed by atoms with E-state index in [9.17, 15) is 4.79 Å². The molecule has 0 aromatic carbocycles. The topological polar surface area (TPSA) is 87.4 Å². The fraction of sp³-hybridized carbons (Fsp3) is 0.700. The van der Waals surface area contributed by atoms with Crippen molar-refractivity contribution in [1.82, 2.24) is 0 Å². The number of carbonyl (C=O) groups is 1. The van der Waals surface area contributed by atoms with Gasteiger partial charge in [-0.3, -0.25) is 4.79 Å². The summed E-state index contributed by atoms with van der Waals surface area (Å²) in [7, 11) is 0. The first-order valence-electron chi connectivity index (χ1n) is 13.9. The quantitative estimate of drug-likeness (QED) is 0.258. The predicted octanol–water partition coefficient (Wildman–Crippen LogP) is 6.73. The molecule has 3 aliphatic rings. The van der Waals surface area contributed by atoms with Gasteiger partial charge in [-0.05, 0) is 69.9 Å². The molecule has 2 saturated heterocycles. The minimum absolute atomic E-state index is 0.00642. The SMILES string of the molecule is Cc1ccc(C(C=C[C@@H]2CCC3(OCC(C)(C)CO3)[C@H]2CC=CCCCC(=O)O)OC2CCCCO2)o1. The zero-order valence-electron chi connectivity index (χ0n) is 22.7. The van der Waals surface area contributed by atoms with E-state index in [4.69, 9.17) is 28.5 Å². The van der Waals surface area contributed by atoms with Gasteiger partial charge in [-0.15, -0.1) is 0 Å². The third-order valence-electron chi connectivity index (χ3n) is 7.65. The van der Waals surface area contributed by atoms with E-state index in [-0.39, 0.29) is 36.1 Å². The molecule has 1 spiro atoms. The zero-order chi connectivity index (χ0) is 26.3. The molecule has 7 nitrogen and oxygen atoms in total. The molecule has 0 bridgehead atoms. The lowest BCUT2D eigenvalue weighted by atomic mass is 9.86. The number of carboxylic acids is 1. The number of rotatable bonds is 11. The van der Waals surface area contributed by atoms with Crippen LogP contribution in [0.2, 0.25) is 0 Å². The Hall–Kier alpha value is -1.93. The summed E-state index contributed by atoms with van der Waals surface area (Å²) in [6, 6.07) is 3.95. The second kappa shape index (κ2) is 12.7. The molecule has 37 heavy (non-hydrogen) atoms. The summed E-state index contributed by atoms with van der Waals surface area (Å²) in [5.41, 5.74) is 0.00642. The third kappa shape index (κ3) is 7.79. The summed E-state index contributed by atoms with van der Waals surface area (Å²) in [5, 5.41) is 8.89. The van der Waals surface area contributed by atoms with E-state index >= 15 is 0 Å². The fourth-order valence-electron chi connectivity index (χ4n) is 5.51. The monoisotopic (exact) mass is 516 g/mol. The first-order valence-corrected chi connectivity index (χ1v) is 13.9. The van der Waals surface area contributed by atoms with Crippen molar-refractivity contribution in [1.29, 1.82) is 0 Å². The molecule has 2 aliphatic heterocycles. The summed E-state index contributed by atoms with van der Waals surface area (Å²) >= 11 is 0. The van der Waals surface area contributed by atoms with Gasteiger partial charge in [0.25, 0.3) is 0 Å². The Bertz CT molecular complexity index is 914. The Balaban J connectivity index is 1.48. The van der Waals surface area contributed by atoms with Crippen LogP contribution in [0.25, 0.3) is 0 Å². The van der Waals surface area contributed by atoms with Crippen molar-refractivity contribution in [2.45, 2.75) is 96.7 Å². The number of unbranched alkanes of at least 4 members (excludes halogenated alkanes) is 1. The molecule has 1 aromatic heterocycles. The van der Waals surface area contributed by atoms with Crippen LogP contribution >= 0.6 is 0 Å². The smallest absolute Gasteiger partial charge is 0.303 e. The summed E-state index contributed by atoms with van der Waals surface area (Å²) in [4.78, 5) is 10.8. The molecular formula is C30H44O7. The largest absolute Gasteiger partial charge is 0.481 e. The van der Waals surface area contributed by atoms with Gasteiger partial charge in [-0.2, -0.15) is 0 Å². The van der Waals surface area contributed by atoms with Gasteiger partial charge in [0, 0.05) is 30.8 Å². The molecule has 1 saturated carbocycles. The van der Waals surface area contributed by atoms with Gasteiger partial charge in [0.1, 0.15) is 17.6 Å². The molecular weight excluding hydrogens is 472 g/mol. The molecule has 4 atom stereocenters. The highest BCUT2D eigenvalue weighted by Gasteiger charge is 2.52. The minimum atomic E-state index is -0.748. The normalized spacial score (nSPS) is 28.4. The molecule has 3 fully saturated rings. The van der Waals surface area contributed by atoms with Crippen LogP contribution in [-0.4, -0.2) is 43.0 Å². The van der Waals surface area contributed by atoms with Crippen LogP contribution in [0.3, 0.4) is 0 Å². The Kier molecular flexibility index (Phi) is 9.67. The number of hydrogen-bond donors (Lipinski definition) is 1. The number of furan rings is 1. The number of aryl methyl sites for hydroxylation is 1. The summed E-state index contributed by atoms with van der Waals surface area (Å²) in [6.45, 7) is 8.38. The van der Waals surface area contributed by atoms with Crippen molar-refractivity contribution in [3.8, 4) is 0 Å². The van der Waals surface area contributed by atoms with Crippen molar-refractivity contribution in [3.63, 3.8) is 0 Å². The number of aliphatic carboxylic acids is 1. The van der Waals surface area contributed by atoms with Crippen LogP contribution in [0.15, 0.2) is 40.9 Å². The summed E-state index contributed by atoms with van der Waals surface area (Å²) < 4.78 is 31.1. The fourth-order valence-corrected chi connectivity index (χ4v) is 5.51. The van der Waals surface area contributed by atoms with E-state index < -0.39 is 11.8 Å². The second-order valence-electron chi connectivity index (χ2n) is 11.5. The third-order valence-corrected chi connectivity index (χ3v) is 7.65. The van der Waals surface area contributed by atoms with Crippen molar-refractivity contribution in [2.24, 2.45) is 17.3 Å². The average Bonchev–Trinajstić information content (AvgIpc) is 3.45. The van der Waals surface area contributed by atoms with Crippen molar-refractivity contribution in [3.05, 3.63) is 48.0 Å². The van der Waals surface area contributed by atoms with E-state index in [2.05, 4.69) is 38.2 Å². The molecule has 1 aliphatic carbocycles. The van der Waals surface area contributed by atoms with Crippen LogP contribution in [0.4, 0.5) is 0 Å². The van der Waals surface area contributed by atoms with Crippen molar-refractivity contribution < 1.29 is 33.3 Å². The molecule has 3 heterocycles. The van der Waals surface area contributed by atoms with E-state index in [1.54, 1.807) is 0 Å². The maximum absolute atomic E-state index is 10.8. The van der Waals surface area contributed by atoms with E-state index in [0.717, 1.165) is 63.1 Å². The van der Waals surface area contributed by atoms with Crippen LogP contribution in [0.5, 0.6) is 0 Å². The van der Waals surface area contributed by atoms with Crippen molar-refractivity contribution in [2.75, 3.05) is 19.8 Å². The average molecular weight is 517 g/mol. The van der Waals surface area contributed by atoms with Gasteiger partial charge in [-0.25, -0.2) is 0 Å². The Morgan fingerprint density at radius 1 is 1.19 bits per heavy atom. The van der Waals surface area contributed by atoms with Crippen LogP contribution in [0.1, 0.15) is 89.3 Å². The van der Waals surface area contributed by atoms with Gasteiger partial charge in [-0.1, -0.05) is 38.2 Å². The molecule has 0 amide bonds. The molecule has 1 N–H and O–H groups in total. The van der Waals surface area contributed by atoms with Gasteiger partial charge in [0.15, 0.2) is 12.1 Å². The van der Waals surface area contributed by atoms with E-state index in [0.29, 0.717) is 19.6 Å². The molecule has 4 rings (SSSR count). The highest BCUT2D eigenvalue weighted by Crippen LogP contribution is 2.50. The highest BCUT2D eigenvalue weighted by molar-refractivity contribution is 5.66. The lowest BCUT2D eigenvalue weighted by Crippen LogP contribution is -2.50. The second-order valence-corrected chi connectivity index (χ2v) is 11.5. The molecule has 2 unspecified atom stereocenters. The maximum atomic E-state index is 10.8. The van der Waals surface area contributed by atoms with Crippen LogP contribution < -0.4 is 0 Å². The lowest BCUT2D eigenvalue weighted by Gasteiger charge is -2.45. The highest BCUT2D eigenvalue weighted by atomic mass is 16.7. The van der Waals surface area contributed by atoms with E-state index in [1.807, 2.05) is 19.1 Å². The first kappa shape index (κ1) is 28.1. The van der Waals surface area contributed by atoms with E-state index in [1.165, 1.54) is 0 Å². The molecule has 1 aromatic rings. The van der Waals surface area contributed by atoms with Gasteiger partial charge in [0.2, 0.25) is 0 Å². The summed E-state index contributed by atoms with van der Waals surface area (Å²) in [6.07, 6.45) is 15.4. The van der Waals surface area contributed by atoms with Crippen molar-refractivity contribution >= 4 is 5.97 Å². The van der Waals surface area contributed by atoms with Gasteiger partial charge >= 0.3 is 5.97 Å². The standard InChI is InChI=1S/C30H44O7/c1-22-13-15-25(36-22)26(37-28-12-8-9-19-33-28)16-14-23-17-18-30(34-20-29(2,3)21-35-30)24(23)10-6-4-5-7-11-27(31)32/h4,6,13-16,23-24,26,28H,5,7-12,17-21H2,1-3H3,(H,31,32)/t23-,24+,26?,28?/m1/s1. The number of hydrogen-bond acceptors (Lipinski definition) is 6. The summed E-state index contributed by atoms with van der Waals surface area (Å²) in [5.74, 6) is 0.748. The van der Waals surface area contributed by atoms with Crippen LogP contribution in [0, 0.1) is 24.2 Å². The van der Waals surface area contributed by atoms with Gasteiger partial charge < -0.3 is 28.5 Å². The first-order chi connectivity index (χ1) is 17.8. The minimum Gasteiger partial charge on any atom is -0.481 e. The lowest BCUT2D eigenvalue weighted by molar-refractivity contribution is -0.315. The molecule has 0 radical (unpaired) electrons. The number of allylic oxidation sites excluding steroid dienone is 3. The van der Waals surface area contributed by atoms with Gasteiger partial charge in [0.05, 0.1) is 13.2 Å². The maximum Gasteiger partial charge on any atom is 0.303 e. The molecule has 206 valence electrons.